The third kappa shape index (κ3) is 2.50. The first kappa shape index (κ1) is 12.6. The Kier molecular flexibility index (Phi) is 3.60. The highest BCUT2D eigenvalue weighted by atomic mass is 15.0. The summed E-state index contributed by atoms with van der Waals surface area (Å²) in [6, 6.07) is 8.38. The molecule has 0 radical (unpaired) electrons. The van der Waals surface area contributed by atoms with E-state index in [4.69, 9.17) is 0 Å². The van der Waals surface area contributed by atoms with Gasteiger partial charge in [-0.3, -0.25) is 0 Å². The van der Waals surface area contributed by atoms with Crippen LogP contribution in [0.5, 0.6) is 0 Å². The van der Waals surface area contributed by atoms with Gasteiger partial charge in [-0.15, -0.1) is 0 Å². The number of anilines is 1. The molecule has 0 spiro atoms. The second-order valence-corrected chi connectivity index (χ2v) is 4.49. The summed E-state index contributed by atoms with van der Waals surface area (Å²) in [4.78, 5) is 9.25. The lowest BCUT2D eigenvalue weighted by molar-refractivity contribution is 1.03. The van der Waals surface area contributed by atoms with E-state index in [2.05, 4.69) is 53.4 Å². The van der Waals surface area contributed by atoms with Crippen molar-refractivity contribution in [2.75, 3.05) is 11.9 Å². The minimum atomic E-state index is 0.843. The maximum absolute atomic E-state index is 4.67. The quantitative estimate of drug-likeness (QED) is 0.893. The highest BCUT2D eigenvalue weighted by Crippen LogP contribution is 2.25. The molecule has 3 heteroatoms. The van der Waals surface area contributed by atoms with Crippen LogP contribution >= 0.6 is 0 Å². The van der Waals surface area contributed by atoms with E-state index in [1.165, 1.54) is 5.56 Å². The summed E-state index contributed by atoms with van der Waals surface area (Å²) in [6.07, 6.45) is 0. The van der Waals surface area contributed by atoms with Gasteiger partial charge in [-0.1, -0.05) is 29.8 Å². The monoisotopic (exact) mass is 241 g/mol. The minimum absolute atomic E-state index is 0.843. The normalized spacial score (nSPS) is 10.4. The zero-order valence-corrected chi connectivity index (χ0v) is 11.4. The number of nitrogens with one attached hydrogen (secondary N) is 1. The van der Waals surface area contributed by atoms with E-state index in [1.54, 1.807) is 0 Å². The van der Waals surface area contributed by atoms with Gasteiger partial charge in [0.25, 0.3) is 0 Å². The molecule has 2 aromatic rings. The van der Waals surface area contributed by atoms with Crippen molar-refractivity contribution in [1.29, 1.82) is 0 Å². The van der Waals surface area contributed by atoms with Gasteiger partial charge in [-0.05, 0) is 27.7 Å². The Morgan fingerprint density at radius 3 is 2.17 bits per heavy atom. The molecular formula is C15H19N3. The van der Waals surface area contributed by atoms with E-state index < -0.39 is 0 Å². The molecule has 94 valence electrons. The van der Waals surface area contributed by atoms with Crippen molar-refractivity contribution in [3.63, 3.8) is 0 Å². The van der Waals surface area contributed by atoms with Gasteiger partial charge in [-0.25, -0.2) is 9.97 Å². The van der Waals surface area contributed by atoms with Gasteiger partial charge in [-0.2, -0.15) is 0 Å². The molecule has 0 saturated heterocycles. The summed E-state index contributed by atoms with van der Waals surface area (Å²) in [7, 11) is 0. The van der Waals surface area contributed by atoms with Crippen LogP contribution in [-0.2, 0) is 0 Å². The summed E-state index contributed by atoms with van der Waals surface area (Å²) in [5.41, 5.74) is 5.24. The molecule has 1 aromatic heterocycles. The lowest BCUT2D eigenvalue weighted by atomic mass is 10.1. The van der Waals surface area contributed by atoms with Crippen molar-refractivity contribution >= 4 is 5.82 Å². The van der Waals surface area contributed by atoms with Crippen molar-refractivity contribution in [2.45, 2.75) is 27.7 Å². The van der Waals surface area contributed by atoms with Crippen LogP contribution in [0.15, 0.2) is 24.3 Å². The van der Waals surface area contributed by atoms with Gasteiger partial charge < -0.3 is 5.32 Å². The molecule has 0 unspecified atom stereocenters. The average Bonchev–Trinajstić information content (AvgIpc) is 2.35. The summed E-state index contributed by atoms with van der Waals surface area (Å²) < 4.78 is 0. The van der Waals surface area contributed by atoms with Crippen LogP contribution in [0.25, 0.3) is 11.3 Å². The van der Waals surface area contributed by atoms with Gasteiger partial charge >= 0.3 is 0 Å². The van der Waals surface area contributed by atoms with E-state index in [0.717, 1.165) is 35.0 Å². The standard InChI is InChI=1S/C15H19N3/c1-5-16-15-14(17-11(3)12(4)18-15)13-8-6-10(2)7-9-13/h6-9H,5H2,1-4H3,(H,16,18). The van der Waals surface area contributed by atoms with Crippen molar-refractivity contribution in [3.05, 3.63) is 41.2 Å². The molecule has 0 amide bonds. The van der Waals surface area contributed by atoms with Crippen molar-refractivity contribution in [1.82, 2.24) is 9.97 Å². The zero-order chi connectivity index (χ0) is 13.1. The van der Waals surface area contributed by atoms with Crippen molar-refractivity contribution < 1.29 is 0 Å². The highest BCUT2D eigenvalue weighted by molar-refractivity contribution is 5.71. The summed E-state index contributed by atoms with van der Waals surface area (Å²) >= 11 is 0. The SMILES string of the molecule is CCNc1nc(C)c(C)nc1-c1ccc(C)cc1. The molecule has 0 fully saturated rings. The van der Waals surface area contributed by atoms with E-state index in [0.29, 0.717) is 0 Å². The smallest absolute Gasteiger partial charge is 0.152 e. The predicted octanol–water partition coefficient (Wildman–Crippen LogP) is 3.50. The Morgan fingerprint density at radius 1 is 0.944 bits per heavy atom. The molecule has 0 bridgehead atoms. The maximum Gasteiger partial charge on any atom is 0.152 e. The number of hydrogen-bond donors (Lipinski definition) is 1. The first-order valence-corrected chi connectivity index (χ1v) is 6.28. The second-order valence-electron chi connectivity index (χ2n) is 4.49. The van der Waals surface area contributed by atoms with Crippen LogP contribution in [0.4, 0.5) is 5.82 Å². The van der Waals surface area contributed by atoms with Crippen LogP contribution in [0.1, 0.15) is 23.9 Å². The molecule has 0 saturated carbocycles. The van der Waals surface area contributed by atoms with E-state index in [9.17, 15) is 0 Å². The Bertz CT molecular complexity index is 544. The van der Waals surface area contributed by atoms with Gasteiger partial charge in [0.1, 0.15) is 5.69 Å². The van der Waals surface area contributed by atoms with Gasteiger partial charge in [0.2, 0.25) is 0 Å². The van der Waals surface area contributed by atoms with Crippen LogP contribution in [0.2, 0.25) is 0 Å². The van der Waals surface area contributed by atoms with Crippen LogP contribution in [0, 0.1) is 20.8 Å². The van der Waals surface area contributed by atoms with Crippen molar-refractivity contribution in [2.24, 2.45) is 0 Å². The molecular weight excluding hydrogens is 222 g/mol. The fourth-order valence-corrected chi connectivity index (χ4v) is 1.81. The average molecular weight is 241 g/mol. The number of aryl methyl sites for hydroxylation is 3. The Hall–Kier alpha value is -1.90. The molecule has 1 heterocycles. The molecule has 0 aliphatic carbocycles. The van der Waals surface area contributed by atoms with E-state index >= 15 is 0 Å². The maximum atomic E-state index is 4.67. The fourth-order valence-electron chi connectivity index (χ4n) is 1.81. The summed E-state index contributed by atoms with van der Waals surface area (Å²) in [5.74, 6) is 0.865. The predicted molar refractivity (Wildman–Crippen MR) is 75.8 cm³/mol. The summed E-state index contributed by atoms with van der Waals surface area (Å²) in [5, 5.41) is 3.28. The first-order valence-electron chi connectivity index (χ1n) is 6.28. The Morgan fingerprint density at radius 2 is 1.56 bits per heavy atom. The number of benzene rings is 1. The molecule has 1 N–H and O–H groups in total. The van der Waals surface area contributed by atoms with Gasteiger partial charge in [0.05, 0.1) is 11.4 Å². The molecule has 0 aliphatic heterocycles. The number of nitrogens with zero attached hydrogens (tertiary/aromatic N) is 2. The first-order chi connectivity index (χ1) is 8.61. The van der Waals surface area contributed by atoms with E-state index in [1.807, 2.05) is 13.8 Å². The van der Waals surface area contributed by atoms with Crippen LogP contribution in [-0.4, -0.2) is 16.5 Å². The Balaban J connectivity index is 2.54. The van der Waals surface area contributed by atoms with E-state index in [-0.39, 0.29) is 0 Å². The van der Waals surface area contributed by atoms with Crippen molar-refractivity contribution in [3.8, 4) is 11.3 Å². The van der Waals surface area contributed by atoms with Gasteiger partial charge in [0, 0.05) is 12.1 Å². The summed E-state index contributed by atoms with van der Waals surface area (Å²) in [6.45, 7) is 8.98. The van der Waals surface area contributed by atoms with Crippen LogP contribution in [0.3, 0.4) is 0 Å². The third-order valence-corrected chi connectivity index (χ3v) is 2.98. The topological polar surface area (TPSA) is 37.8 Å². The number of aromatic nitrogens is 2. The fraction of sp³-hybridized carbons (Fsp3) is 0.333. The molecule has 0 atom stereocenters. The Labute approximate surface area is 108 Å². The highest BCUT2D eigenvalue weighted by Gasteiger charge is 2.10. The van der Waals surface area contributed by atoms with Crippen LogP contribution < -0.4 is 5.32 Å². The van der Waals surface area contributed by atoms with Gasteiger partial charge in [0.15, 0.2) is 5.82 Å². The molecule has 18 heavy (non-hydrogen) atoms. The molecule has 3 nitrogen and oxygen atoms in total. The lowest BCUT2D eigenvalue weighted by Gasteiger charge is -2.12. The zero-order valence-electron chi connectivity index (χ0n) is 11.4. The lowest BCUT2D eigenvalue weighted by Crippen LogP contribution is -2.06. The third-order valence-electron chi connectivity index (χ3n) is 2.98. The molecule has 2 rings (SSSR count). The second kappa shape index (κ2) is 5.17. The number of rotatable bonds is 3. The molecule has 1 aromatic carbocycles. The largest absolute Gasteiger partial charge is 0.369 e. The molecule has 0 aliphatic rings. The number of hydrogen-bond acceptors (Lipinski definition) is 3. The minimum Gasteiger partial charge on any atom is -0.369 e.